The molecule has 1 aromatic carbocycles. The Morgan fingerprint density at radius 3 is 2.33 bits per heavy atom. The second-order valence-electron chi connectivity index (χ2n) is 8.54. The van der Waals surface area contributed by atoms with E-state index in [1.165, 1.54) is 31.4 Å². The second kappa shape index (κ2) is 5.97. The zero-order valence-electron chi connectivity index (χ0n) is 14.8. The van der Waals surface area contributed by atoms with Crippen LogP contribution in [0.3, 0.4) is 0 Å². The molecule has 4 bridgehead atoms. The van der Waals surface area contributed by atoms with Crippen molar-refractivity contribution in [1.82, 2.24) is 10.2 Å². The Morgan fingerprint density at radius 1 is 1.04 bits per heavy atom. The van der Waals surface area contributed by atoms with E-state index in [0.29, 0.717) is 17.3 Å². The molecule has 4 fully saturated rings. The van der Waals surface area contributed by atoms with Crippen molar-refractivity contribution in [2.24, 2.45) is 17.8 Å². The Balaban J connectivity index is 1.38. The number of ether oxygens (including phenoxy) is 1. The summed E-state index contributed by atoms with van der Waals surface area (Å²) < 4.78 is 48.0. The molecule has 7 heteroatoms. The fourth-order valence-corrected chi connectivity index (χ4v) is 5.81. The Labute approximate surface area is 155 Å². The van der Waals surface area contributed by atoms with Gasteiger partial charge in [-0.25, -0.2) is 0 Å². The van der Waals surface area contributed by atoms with Crippen LogP contribution in [0.1, 0.15) is 44.4 Å². The first-order valence-electron chi connectivity index (χ1n) is 9.53. The predicted molar refractivity (Wildman–Crippen MR) is 91.1 cm³/mol. The molecule has 2 aromatic rings. The topological polar surface area (TPSA) is 48.2 Å². The fourth-order valence-electron chi connectivity index (χ4n) is 5.81. The molecule has 0 atom stereocenters. The molecule has 1 aromatic heterocycles. The third-order valence-corrected chi connectivity index (χ3v) is 6.40. The number of hydrogen-bond acceptors (Lipinski definition) is 4. The summed E-state index contributed by atoms with van der Waals surface area (Å²) in [6.45, 7) is -1.32. The molecule has 1 heterocycles. The van der Waals surface area contributed by atoms with Gasteiger partial charge in [-0.1, -0.05) is 6.07 Å². The summed E-state index contributed by atoms with van der Waals surface area (Å²) in [5.74, 6) is 3.50. The first kappa shape index (κ1) is 17.1. The van der Waals surface area contributed by atoms with Gasteiger partial charge in [0.15, 0.2) is 6.61 Å². The fraction of sp³-hybridized carbons (Fsp3) is 0.600. The molecule has 4 aliphatic rings. The summed E-state index contributed by atoms with van der Waals surface area (Å²) in [7, 11) is 0. The minimum Gasteiger partial charge on any atom is -0.484 e. The summed E-state index contributed by atoms with van der Waals surface area (Å²) in [4.78, 5) is 0. The number of rotatable bonds is 4. The average Bonchev–Trinajstić information content (AvgIpc) is 3.10. The highest BCUT2D eigenvalue weighted by Crippen LogP contribution is 2.60. The number of halogens is 3. The molecule has 27 heavy (non-hydrogen) atoms. The normalized spacial score (nSPS) is 32.0. The molecular weight excluding hydrogens is 357 g/mol. The molecular formula is C20H21F3N2O2. The molecule has 0 N–H and O–H groups in total. The van der Waals surface area contributed by atoms with Gasteiger partial charge >= 0.3 is 6.18 Å². The molecule has 0 amide bonds. The number of alkyl halides is 3. The zero-order valence-corrected chi connectivity index (χ0v) is 14.8. The van der Waals surface area contributed by atoms with Crippen LogP contribution in [0.4, 0.5) is 13.2 Å². The predicted octanol–water partition coefficient (Wildman–Crippen LogP) is 5.15. The molecule has 0 radical (unpaired) electrons. The van der Waals surface area contributed by atoms with E-state index in [1.807, 2.05) is 0 Å². The molecule has 4 saturated carbocycles. The van der Waals surface area contributed by atoms with E-state index in [4.69, 9.17) is 9.15 Å². The van der Waals surface area contributed by atoms with Crippen molar-refractivity contribution in [3.8, 4) is 17.2 Å². The van der Waals surface area contributed by atoms with Gasteiger partial charge in [0, 0.05) is 11.0 Å². The first-order chi connectivity index (χ1) is 12.9. The quantitative estimate of drug-likeness (QED) is 0.739. The molecule has 0 aliphatic heterocycles. The van der Waals surface area contributed by atoms with Crippen LogP contribution in [-0.2, 0) is 5.41 Å². The van der Waals surface area contributed by atoms with Gasteiger partial charge < -0.3 is 9.15 Å². The highest BCUT2D eigenvalue weighted by molar-refractivity contribution is 5.55. The molecule has 0 unspecified atom stereocenters. The van der Waals surface area contributed by atoms with Crippen LogP contribution in [0, 0.1) is 17.8 Å². The van der Waals surface area contributed by atoms with E-state index >= 15 is 0 Å². The second-order valence-corrected chi connectivity index (χ2v) is 8.54. The summed E-state index contributed by atoms with van der Waals surface area (Å²) in [6, 6.07) is 6.39. The van der Waals surface area contributed by atoms with Crippen LogP contribution < -0.4 is 4.74 Å². The molecule has 4 nitrogen and oxygen atoms in total. The van der Waals surface area contributed by atoms with Gasteiger partial charge in [0.05, 0.1) is 0 Å². The third-order valence-electron chi connectivity index (χ3n) is 6.40. The van der Waals surface area contributed by atoms with Crippen LogP contribution in [0.5, 0.6) is 5.75 Å². The van der Waals surface area contributed by atoms with Gasteiger partial charge in [-0.05, 0) is 74.5 Å². The van der Waals surface area contributed by atoms with Crippen LogP contribution in [0.25, 0.3) is 11.5 Å². The largest absolute Gasteiger partial charge is 0.484 e. The number of nitrogens with zero attached hydrogens (tertiary/aromatic N) is 2. The van der Waals surface area contributed by atoms with Gasteiger partial charge in [0.1, 0.15) is 5.75 Å². The lowest BCUT2D eigenvalue weighted by Gasteiger charge is -2.55. The molecule has 0 spiro atoms. The van der Waals surface area contributed by atoms with Gasteiger partial charge in [-0.15, -0.1) is 10.2 Å². The van der Waals surface area contributed by atoms with Crippen LogP contribution in [0.15, 0.2) is 28.7 Å². The average molecular weight is 378 g/mol. The highest BCUT2D eigenvalue weighted by Gasteiger charge is 2.54. The van der Waals surface area contributed by atoms with Gasteiger partial charge in [-0.2, -0.15) is 13.2 Å². The molecule has 0 saturated heterocycles. The van der Waals surface area contributed by atoms with Crippen molar-refractivity contribution in [2.45, 2.75) is 50.1 Å². The Bertz CT molecular complexity index is 810. The van der Waals surface area contributed by atoms with Gasteiger partial charge in [0.25, 0.3) is 0 Å². The lowest BCUT2D eigenvalue weighted by atomic mass is 9.49. The summed E-state index contributed by atoms with van der Waals surface area (Å²) >= 11 is 0. The monoisotopic (exact) mass is 378 g/mol. The maximum atomic E-state index is 12.4. The van der Waals surface area contributed by atoms with E-state index in [0.717, 1.165) is 37.0 Å². The molecule has 144 valence electrons. The van der Waals surface area contributed by atoms with Crippen molar-refractivity contribution in [3.63, 3.8) is 0 Å². The van der Waals surface area contributed by atoms with Crippen molar-refractivity contribution in [2.75, 3.05) is 6.61 Å². The van der Waals surface area contributed by atoms with E-state index < -0.39 is 12.8 Å². The van der Waals surface area contributed by atoms with Crippen molar-refractivity contribution in [1.29, 1.82) is 0 Å². The maximum Gasteiger partial charge on any atom is 0.422 e. The number of aromatic nitrogens is 2. The maximum absolute atomic E-state index is 12.4. The highest BCUT2D eigenvalue weighted by atomic mass is 19.4. The number of benzene rings is 1. The zero-order chi connectivity index (χ0) is 18.6. The van der Waals surface area contributed by atoms with Crippen molar-refractivity contribution >= 4 is 0 Å². The van der Waals surface area contributed by atoms with E-state index in [1.54, 1.807) is 12.1 Å². The van der Waals surface area contributed by atoms with Crippen molar-refractivity contribution < 1.29 is 22.3 Å². The lowest BCUT2D eigenvalue weighted by Crippen LogP contribution is -2.48. The minimum atomic E-state index is -4.37. The van der Waals surface area contributed by atoms with Gasteiger partial charge in [-0.3, -0.25) is 0 Å². The Hall–Kier alpha value is -2.05. The summed E-state index contributed by atoms with van der Waals surface area (Å²) in [5, 5.41) is 8.56. The van der Waals surface area contributed by atoms with E-state index in [-0.39, 0.29) is 11.2 Å². The number of hydrogen-bond donors (Lipinski definition) is 0. The Morgan fingerprint density at radius 2 is 1.70 bits per heavy atom. The SMILES string of the molecule is FC(F)(F)COc1cccc(-c2nnc(C34CC5CC(CC(C5)C3)C4)o2)c1. The standard InChI is InChI=1S/C20H21F3N2O2/c21-20(22,23)11-26-16-3-1-2-15(7-16)17-24-25-18(27-17)19-8-12-4-13(9-19)6-14(5-12)10-19/h1-3,7,12-14H,4-6,8-11H2. The Kier molecular flexibility index (Phi) is 3.78. The van der Waals surface area contributed by atoms with Crippen LogP contribution >= 0.6 is 0 Å². The minimum absolute atomic E-state index is 0.00436. The smallest absolute Gasteiger partial charge is 0.422 e. The molecule has 6 rings (SSSR count). The van der Waals surface area contributed by atoms with Gasteiger partial charge in [0.2, 0.25) is 11.8 Å². The summed E-state index contributed by atoms with van der Waals surface area (Å²) in [6.07, 6.45) is 2.99. The van der Waals surface area contributed by atoms with E-state index in [2.05, 4.69) is 10.2 Å². The van der Waals surface area contributed by atoms with Crippen molar-refractivity contribution in [3.05, 3.63) is 30.2 Å². The first-order valence-corrected chi connectivity index (χ1v) is 9.53. The van der Waals surface area contributed by atoms with Crippen LogP contribution in [0.2, 0.25) is 0 Å². The van der Waals surface area contributed by atoms with Crippen LogP contribution in [-0.4, -0.2) is 23.0 Å². The van der Waals surface area contributed by atoms with E-state index in [9.17, 15) is 13.2 Å². The molecule has 4 aliphatic carbocycles. The lowest BCUT2D eigenvalue weighted by molar-refractivity contribution is -0.153. The third kappa shape index (κ3) is 3.21. The summed E-state index contributed by atoms with van der Waals surface area (Å²) in [5.41, 5.74) is 0.586.